The van der Waals surface area contributed by atoms with E-state index in [9.17, 15) is 4.79 Å². The second-order valence-corrected chi connectivity index (χ2v) is 6.74. The third-order valence-electron chi connectivity index (χ3n) is 4.36. The number of aromatic nitrogens is 2. The molecule has 2 aromatic rings. The van der Waals surface area contributed by atoms with Gasteiger partial charge in [-0.2, -0.15) is 0 Å². The molecule has 0 bridgehead atoms. The maximum Gasteiger partial charge on any atom is 0.250 e. The molecule has 0 saturated carbocycles. The Morgan fingerprint density at radius 1 is 1.42 bits per heavy atom. The first kappa shape index (κ1) is 17.0. The van der Waals surface area contributed by atoms with E-state index in [0.717, 1.165) is 38.0 Å². The molecule has 5 nitrogen and oxygen atoms in total. The summed E-state index contributed by atoms with van der Waals surface area (Å²) in [7, 11) is 1.77. The minimum Gasteiger partial charge on any atom is -0.476 e. The summed E-state index contributed by atoms with van der Waals surface area (Å²) in [5.41, 5.74) is 1.10. The van der Waals surface area contributed by atoms with Crippen LogP contribution in [0.5, 0.6) is 5.88 Å². The van der Waals surface area contributed by atoms with Crippen molar-refractivity contribution < 1.29 is 4.74 Å². The molecule has 3 rings (SSSR count). The molecule has 1 fully saturated rings. The number of halogens is 1. The van der Waals surface area contributed by atoms with Crippen LogP contribution in [0.25, 0.3) is 0 Å². The third kappa shape index (κ3) is 4.36. The molecule has 0 spiro atoms. The monoisotopic (exact) mass is 347 g/mol. The van der Waals surface area contributed by atoms with E-state index in [1.807, 2.05) is 12.3 Å². The van der Waals surface area contributed by atoms with Crippen molar-refractivity contribution >= 4 is 11.6 Å². The predicted octanol–water partition coefficient (Wildman–Crippen LogP) is 2.72. The molecule has 1 unspecified atom stereocenters. The van der Waals surface area contributed by atoms with Gasteiger partial charge in [0.2, 0.25) is 5.88 Å². The topological polar surface area (TPSA) is 47.4 Å². The first-order valence-corrected chi connectivity index (χ1v) is 8.61. The van der Waals surface area contributed by atoms with Crippen LogP contribution in [-0.2, 0) is 13.6 Å². The summed E-state index contributed by atoms with van der Waals surface area (Å²) >= 11 is 6.08. The molecule has 1 atom stereocenters. The molecule has 3 heterocycles. The van der Waals surface area contributed by atoms with E-state index in [1.54, 1.807) is 36.0 Å². The van der Waals surface area contributed by atoms with Crippen molar-refractivity contribution in [1.82, 2.24) is 14.5 Å². The van der Waals surface area contributed by atoms with Crippen LogP contribution in [-0.4, -0.2) is 34.1 Å². The number of hydrogen-bond acceptors (Lipinski definition) is 4. The summed E-state index contributed by atoms with van der Waals surface area (Å²) in [4.78, 5) is 18.3. The second-order valence-electron chi connectivity index (χ2n) is 6.33. The summed E-state index contributed by atoms with van der Waals surface area (Å²) < 4.78 is 7.38. The standard InChI is InChI=1S/C18H22ClN3O2/c1-21-9-6-14(10-17(21)23)11-22-8-3-4-15(12-22)13-24-18-16(19)5-2-7-20-18/h2,5-7,9-10,15H,3-4,8,11-13H2,1H3. The minimum absolute atomic E-state index is 0.0363. The van der Waals surface area contributed by atoms with Gasteiger partial charge in [-0.15, -0.1) is 0 Å². The van der Waals surface area contributed by atoms with Gasteiger partial charge < -0.3 is 9.30 Å². The number of piperidine rings is 1. The Morgan fingerprint density at radius 2 is 2.29 bits per heavy atom. The van der Waals surface area contributed by atoms with Crippen molar-refractivity contribution in [1.29, 1.82) is 0 Å². The molecule has 0 aromatic carbocycles. The highest BCUT2D eigenvalue weighted by atomic mass is 35.5. The zero-order valence-electron chi connectivity index (χ0n) is 13.8. The lowest BCUT2D eigenvalue weighted by atomic mass is 9.98. The van der Waals surface area contributed by atoms with E-state index in [1.165, 1.54) is 0 Å². The molecule has 0 radical (unpaired) electrons. The Labute approximate surface area is 146 Å². The largest absolute Gasteiger partial charge is 0.476 e. The second kappa shape index (κ2) is 7.81. The molecular weight excluding hydrogens is 326 g/mol. The lowest BCUT2D eigenvalue weighted by Gasteiger charge is -2.32. The molecule has 1 aliphatic rings. The molecule has 2 aromatic heterocycles. The fourth-order valence-corrected chi connectivity index (χ4v) is 3.23. The lowest BCUT2D eigenvalue weighted by molar-refractivity contribution is 0.123. The Bertz CT molecular complexity index is 747. The quantitative estimate of drug-likeness (QED) is 0.834. The predicted molar refractivity (Wildman–Crippen MR) is 94.4 cm³/mol. The average molecular weight is 348 g/mol. The normalized spacial score (nSPS) is 18.5. The number of likely N-dealkylation sites (tertiary alicyclic amines) is 1. The number of rotatable bonds is 5. The number of nitrogens with zero attached hydrogens (tertiary/aromatic N) is 3. The molecule has 128 valence electrons. The average Bonchev–Trinajstić information content (AvgIpc) is 2.58. The van der Waals surface area contributed by atoms with Crippen molar-refractivity contribution in [3.8, 4) is 5.88 Å². The third-order valence-corrected chi connectivity index (χ3v) is 4.65. The highest BCUT2D eigenvalue weighted by Gasteiger charge is 2.21. The van der Waals surface area contributed by atoms with E-state index in [4.69, 9.17) is 16.3 Å². The van der Waals surface area contributed by atoms with Gasteiger partial charge in [-0.25, -0.2) is 4.98 Å². The molecule has 0 amide bonds. The smallest absolute Gasteiger partial charge is 0.250 e. The lowest BCUT2D eigenvalue weighted by Crippen LogP contribution is -2.37. The van der Waals surface area contributed by atoms with Gasteiger partial charge in [-0.3, -0.25) is 9.69 Å². The van der Waals surface area contributed by atoms with Gasteiger partial charge in [0.15, 0.2) is 0 Å². The molecule has 1 aliphatic heterocycles. The van der Waals surface area contributed by atoms with E-state index >= 15 is 0 Å². The first-order valence-electron chi connectivity index (χ1n) is 8.23. The fraction of sp³-hybridized carbons (Fsp3) is 0.444. The number of hydrogen-bond donors (Lipinski definition) is 0. The van der Waals surface area contributed by atoms with Crippen molar-refractivity contribution in [2.24, 2.45) is 13.0 Å². The maximum absolute atomic E-state index is 11.7. The van der Waals surface area contributed by atoms with Crippen LogP contribution in [0.2, 0.25) is 5.02 Å². The van der Waals surface area contributed by atoms with Crippen LogP contribution in [0, 0.1) is 5.92 Å². The number of ether oxygens (including phenoxy) is 1. The van der Waals surface area contributed by atoms with Crippen molar-refractivity contribution in [3.05, 3.63) is 57.6 Å². The molecule has 0 N–H and O–H groups in total. The van der Waals surface area contributed by atoms with Gasteiger partial charge >= 0.3 is 0 Å². The summed E-state index contributed by atoms with van der Waals surface area (Å²) in [6.45, 7) is 3.43. The zero-order valence-corrected chi connectivity index (χ0v) is 14.6. The molecule has 0 aliphatic carbocycles. The molecule has 1 saturated heterocycles. The Morgan fingerprint density at radius 3 is 3.08 bits per heavy atom. The van der Waals surface area contributed by atoms with Crippen molar-refractivity contribution in [3.63, 3.8) is 0 Å². The molecule has 6 heteroatoms. The van der Waals surface area contributed by atoms with Crippen LogP contribution in [0.15, 0.2) is 41.5 Å². The van der Waals surface area contributed by atoms with Crippen LogP contribution in [0.1, 0.15) is 18.4 Å². The Kier molecular flexibility index (Phi) is 5.53. The van der Waals surface area contributed by atoms with Gasteiger partial charge in [0.05, 0.1) is 6.61 Å². The van der Waals surface area contributed by atoms with Crippen molar-refractivity contribution in [2.75, 3.05) is 19.7 Å². The number of aryl methyl sites for hydroxylation is 1. The van der Waals surface area contributed by atoms with Crippen molar-refractivity contribution in [2.45, 2.75) is 19.4 Å². The van der Waals surface area contributed by atoms with E-state index in [-0.39, 0.29) is 5.56 Å². The highest BCUT2D eigenvalue weighted by Crippen LogP contribution is 2.23. The van der Waals surface area contributed by atoms with E-state index < -0.39 is 0 Å². The van der Waals surface area contributed by atoms with Gasteiger partial charge in [0.1, 0.15) is 5.02 Å². The fourth-order valence-electron chi connectivity index (χ4n) is 3.05. The Hall–Kier alpha value is -1.85. The summed E-state index contributed by atoms with van der Waals surface area (Å²) in [5.74, 6) is 0.950. The van der Waals surface area contributed by atoms with Crippen LogP contribution in [0.3, 0.4) is 0 Å². The molecular formula is C18H22ClN3O2. The Balaban J connectivity index is 1.55. The first-order chi connectivity index (χ1) is 11.6. The van der Waals surface area contributed by atoms with Gasteiger partial charge in [0.25, 0.3) is 5.56 Å². The van der Waals surface area contributed by atoms with E-state index in [0.29, 0.717) is 23.4 Å². The van der Waals surface area contributed by atoms with Gasteiger partial charge in [0, 0.05) is 44.5 Å². The number of pyridine rings is 2. The van der Waals surface area contributed by atoms with Gasteiger partial charge in [-0.1, -0.05) is 11.6 Å². The summed E-state index contributed by atoms with van der Waals surface area (Å²) in [6.07, 6.45) is 5.78. The summed E-state index contributed by atoms with van der Waals surface area (Å²) in [5, 5.41) is 0.547. The summed E-state index contributed by atoms with van der Waals surface area (Å²) in [6, 6.07) is 7.30. The van der Waals surface area contributed by atoms with Crippen LogP contribution < -0.4 is 10.3 Å². The zero-order chi connectivity index (χ0) is 16.9. The SMILES string of the molecule is Cn1ccc(CN2CCCC(COc3ncccc3Cl)C2)cc1=O. The highest BCUT2D eigenvalue weighted by molar-refractivity contribution is 6.31. The maximum atomic E-state index is 11.7. The van der Waals surface area contributed by atoms with Crippen LogP contribution in [0.4, 0.5) is 0 Å². The van der Waals surface area contributed by atoms with Gasteiger partial charge in [-0.05, 0) is 43.1 Å². The minimum atomic E-state index is 0.0363. The van der Waals surface area contributed by atoms with Crippen LogP contribution >= 0.6 is 11.6 Å². The molecule has 24 heavy (non-hydrogen) atoms. The van der Waals surface area contributed by atoms with E-state index in [2.05, 4.69) is 9.88 Å².